The highest BCUT2D eigenvalue weighted by molar-refractivity contribution is 5.94. The lowest BCUT2D eigenvalue weighted by atomic mass is 10.1. The summed E-state index contributed by atoms with van der Waals surface area (Å²) >= 11 is 0. The Kier molecular flexibility index (Phi) is 4.53. The molecule has 1 saturated heterocycles. The van der Waals surface area contributed by atoms with Gasteiger partial charge in [-0.1, -0.05) is 18.8 Å². The van der Waals surface area contributed by atoms with Crippen LogP contribution in [0.4, 0.5) is 0 Å². The summed E-state index contributed by atoms with van der Waals surface area (Å²) in [4.78, 5) is 18.4. The highest BCUT2D eigenvalue weighted by Gasteiger charge is 2.28. The van der Waals surface area contributed by atoms with E-state index in [0.29, 0.717) is 17.2 Å². The van der Waals surface area contributed by atoms with Crippen LogP contribution >= 0.6 is 0 Å². The molecule has 0 spiro atoms. The summed E-state index contributed by atoms with van der Waals surface area (Å²) in [7, 11) is 0. The number of carbonyl (C=O) groups is 1. The molecule has 19 heavy (non-hydrogen) atoms. The molecule has 1 aromatic heterocycles. The third-order valence-corrected chi connectivity index (χ3v) is 3.41. The van der Waals surface area contributed by atoms with Crippen molar-refractivity contribution >= 4 is 5.91 Å². The summed E-state index contributed by atoms with van der Waals surface area (Å²) in [6, 6.07) is 2.09. The van der Waals surface area contributed by atoms with E-state index in [9.17, 15) is 4.79 Å². The molecule has 1 aliphatic heterocycles. The van der Waals surface area contributed by atoms with Gasteiger partial charge in [0.15, 0.2) is 0 Å². The van der Waals surface area contributed by atoms with E-state index in [1.165, 1.54) is 0 Å². The molecule has 1 fully saturated rings. The van der Waals surface area contributed by atoms with Gasteiger partial charge >= 0.3 is 0 Å². The van der Waals surface area contributed by atoms with Crippen LogP contribution in [0.5, 0.6) is 0 Å². The molecule has 1 atom stereocenters. The fourth-order valence-corrected chi connectivity index (χ4v) is 2.46. The topological polar surface area (TPSA) is 53.4 Å². The van der Waals surface area contributed by atoms with E-state index in [1.807, 2.05) is 4.90 Å². The normalized spacial score (nSPS) is 18.0. The Morgan fingerprint density at radius 3 is 3.16 bits per heavy atom. The average Bonchev–Trinajstić information content (AvgIpc) is 2.93. The number of pyridine rings is 1. The maximum Gasteiger partial charge on any atom is 0.255 e. The number of likely N-dealkylation sites (tertiary alicyclic amines) is 1. The van der Waals surface area contributed by atoms with Gasteiger partial charge in [-0.3, -0.25) is 9.78 Å². The van der Waals surface area contributed by atoms with Crippen LogP contribution < -0.4 is 0 Å². The first-order valence-electron chi connectivity index (χ1n) is 6.62. The van der Waals surface area contributed by atoms with Gasteiger partial charge in [0, 0.05) is 30.5 Å². The van der Waals surface area contributed by atoms with Crippen molar-refractivity contribution < 1.29 is 9.90 Å². The molecular formula is C15H18N2O2. The molecule has 1 aromatic rings. The fourth-order valence-electron chi connectivity index (χ4n) is 2.46. The van der Waals surface area contributed by atoms with Crippen molar-refractivity contribution in [2.75, 3.05) is 13.2 Å². The second-order valence-electron chi connectivity index (χ2n) is 4.63. The van der Waals surface area contributed by atoms with Gasteiger partial charge in [0.05, 0.1) is 5.56 Å². The van der Waals surface area contributed by atoms with Crippen LogP contribution in [-0.2, 0) is 0 Å². The van der Waals surface area contributed by atoms with Gasteiger partial charge in [-0.2, -0.15) is 0 Å². The lowest BCUT2D eigenvalue weighted by molar-refractivity contribution is 0.0733. The predicted octanol–water partition coefficient (Wildman–Crippen LogP) is 1.44. The van der Waals surface area contributed by atoms with Crippen LogP contribution in [0, 0.1) is 11.8 Å². The largest absolute Gasteiger partial charge is 0.384 e. The van der Waals surface area contributed by atoms with E-state index in [1.54, 1.807) is 18.5 Å². The summed E-state index contributed by atoms with van der Waals surface area (Å²) in [5.74, 6) is 5.36. The number of hydrogen-bond donors (Lipinski definition) is 1. The zero-order chi connectivity index (χ0) is 13.7. The maximum atomic E-state index is 12.4. The third-order valence-electron chi connectivity index (χ3n) is 3.41. The van der Waals surface area contributed by atoms with Crippen LogP contribution in [0.1, 0.15) is 42.1 Å². The first-order valence-corrected chi connectivity index (χ1v) is 6.62. The Labute approximate surface area is 113 Å². The Hall–Kier alpha value is -1.86. The Morgan fingerprint density at radius 2 is 2.42 bits per heavy atom. The van der Waals surface area contributed by atoms with Gasteiger partial charge in [0.1, 0.15) is 6.61 Å². The minimum absolute atomic E-state index is 0.0319. The van der Waals surface area contributed by atoms with Gasteiger partial charge < -0.3 is 10.0 Å². The monoisotopic (exact) mass is 258 g/mol. The van der Waals surface area contributed by atoms with Crippen molar-refractivity contribution in [2.45, 2.75) is 32.2 Å². The number of aromatic nitrogens is 1. The second-order valence-corrected chi connectivity index (χ2v) is 4.63. The number of aliphatic hydroxyl groups excluding tert-OH is 1. The molecule has 2 heterocycles. The van der Waals surface area contributed by atoms with Crippen molar-refractivity contribution in [3.63, 3.8) is 0 Å². The quantitative estimate of drug-likeness (QED) is 0.817. The van der Waals surface area contributed by atoms with Crippen LogP contribution in [-0.4, -0.2) is 40.1 Å². The maximum absolute atomic E-state index is 12.4. The smallest absolute Gasteiger partial charge is 0.255 e. The minimum atomic E-state index is -0.192. The molecule has 1 aliphatic rings. The van der Waals surface area contributed by atoms with Crippen molar-refractivity contribution in [3.8, 4) is 11.8 Å². The minimum Gasteiger partial charge on any atom is -0.384 e. The molecule has 1 amide bonds. The van der Waals surface area contributed by atoms with E-state index in [4.69, 9.17) is 5.11 Å². The highest BCUT2D eigenvalue weighted by Crippen LogP contribution is 2.22. The Balaban J connectivity index is 2.19. The Bertz CT molecular complexity index is 516. The fraction of sp³-hybridized carbons (Fsp3) is 0.467. The number of aliphatic hydroxyl groups is 1. The second kappa shape index (κ2) is 6.35. The summed E-state index contributed by atoms with van der Waals surface area (Å²) in [5.41, 5.74) is 1.23. The van der Waals surface area contributed by atoms with Crippen LogP contribution in [0.3, 0.4) is 0 Å². The molecule has 0 saturated carbocycles. The number of rotatable bonds is 2. The van der Waals surface area contributed by atoms with Crippen molar-refractivity contribution in [3.05, 3.63) is 29.6 Å². The molecule has 0 aliphatic carbocycles. The highest BCUT2D eigenvalue weighted by atomic mass is 16.2. The van der Waals surface area contributed by atoms with Crippen molar-refractivity contribution in [1.82, 2.24) is 9.88 Å². The molecule has 1 unspecified atom stereocenters. The zero-order valence-corrected chi connectivity index (χ0v) is 11.1. The number of carbonyl (C=O) groups excluding carboxylic acids is 1. The predicted molar refractivity (Wildman–Crippen MR) is 72.6 cm³/mol. The molecule has 4 nitrogen and oxygen atoms in total. The van der Waals surface area contributed by atoms with Gasteiger partial charge in [0.25, 0.3) is 5.91 Å². The first-order chi connectivity index (χ1) is 9.26. The summed E-state index contributed by atoms with van der Waals surface area (Å²) in [5, 5.41) is 8.68. The number of nitrogens with zero attached hydrogens (tertiary/aromatic N) is 2. The molecular weight excluding hydrogens is 240 g/mol. The summed E-state index contributed by atoms with van der Waals surface area (Å²) in [6.45, 7) is 2.74. The Morgan fingerprint density at radius 1 is 1.58 bits per heavy atom. The molecule has 2 rings (SSSR count). The lowest BCUT2D eigenvalue weighted by Crippen LogP contribution is -2.35. The SMILES string of the molecule is CCC1CCCN1C(=O)c1cncc(C#CCO)c1. The van der Waals surface area contributed by atoms with E-state index < -0.39 is 0 Å². The van der Waals surface area contributed by atoms with E-state index in [2.05, 4.69) is 23.7 Å². The van der Waals surface area contributed by atoms with Gasteiger partial charge in [0.2, 0.25) is 0 Å². The summed E-state index contributed by atoms with van der Waals surface area (Å²) < 4.78 is 0. The first kappa shape index (κ1) is 13.6. The standard InChI is InChI=1S/C15H18N2O2/c1-2-14-6-3-7-17(14)15(19)13-9-12(5-4-8-18)10-16-11-13/h9-11,14,18H,2-3,6-8H2,1H3. The number of amides is 1. The molecule has 0 aromatic carbocycles. The van der Waals surface area contributed by atoms with Crippen molar-refractivity contribution in [1.29, 1.82) is 0 Å². The molecule has 0 bridgehead atoms. The van der Waals surface area contributed by atoms with Crippen LogP contribution in [0.2, 0.25) is 0 Å². The zero-order valence-electron chi connectivity index (χ0n) is 11.1. The van der Waals surface area contributed by atoms with Gasteiger partial charge in [-0.25, -0.2) is 0 Å². The molecule has 4 heteroatoms. The lowest BCUT2D eigenvalue weighted by Gasteiger charge is -2.23. The van der Waals surface area contributed by atoms with E-state index in [-0.39, 0.29) is 12.5 Å². The molecule has 100 valence electrons. The number of hydrogen-bond acceptors (Lipinski definition) is 3. The third kappa shape index (κ3) is 3.12. The van der Waals surface area contributed by atoms with Crippen LogP contribution in [0.15, 0.2) is 18.5 Å². The van der Waals surface area contributed by atoms with Gasteiger partial charge in [-0.15, -0.1) is 0 Å². The summed E-state index contributed by atoms with van der Waals surface area (Å²) in [6.07, 6.45) is 6.32. The molecule has 1 N–H and O–H groups in total. The average molecular weight is 258 g/mol. The molecule has 0 radical (unpaired) electrons. The van der Waals surface area contributed by atoms with Gasteiger partial charge in [-0.05, 0) is 25.3 Å². The van der Waals surface area contributed by atoms with Crippen LogP contribution in [0.25, 0.3) is 0 Å². The van der Waals surface area contributed by atoms with E-state index >= 15 is 0 Å². The van der Waals surface area contributed by atoms with E-state index in [0.717, 1.165) is 25.8 Å². The van der Waals surface area contributed by atoms with Crippen molar-refractivity contribution in [2.24, 2.45) is 0 Å².